The molecular weight excluding hydrogens is 789 g/mol. The number of aromatic nitrogens is 2. The van der Waals surface area contributed by atoms with Crippen molar-refractivity contribution >= 4 is 75.4 Å². The van der Waals surface area contributed by atoms with Crippen molar-refractivity contribution < 1.29 is 8.83 Å². The molecule has 0 radical (unpaired) electrons. The minimum Gasteiger partial charge on any atom is -0.455 e. The Hall–Kier alpha value is -8.12. The Morgan fingerprint density at radius 3 is 1.48 bits per heavy atom. The smallest absolute Gasteiger partial charge is 0.160 e. The van der Waals surface area contributed by atoms with Gasteiger partial charge in [-0.15, -0.1) is 11.3 Å². The SMILES string of the molecule is c1ccc(-c2nc(-c3cc(-c4cccc5c4oc4ccccc45)cc(-c4cccc5c4oc4ccccc45)c3)cc(-c3cccc(-c4cccc5c4sc4ccccc45)c3)n2)cc1. The molecule has 0 atom stereocenters. The summed E-state index contributed by atoms with van der Waals surface area (Å²) in [5.41, 5.74) is 14.4. The molecule has 5 heteroatoms. The Balaban J connectivity index is 1.04. The highest BCUT2D eigenvalue weighted by Crippen LogP contribution is 2.44. The second-order valence-electron chi connectivity index (χ2n) is 16.0. The van der Waals surface area contributed by atoms with Crippen LogP contribution in [0.4, 0.5) is 0 Å². The van der Waals surface area contributed by atoms with E-state index in [0.29, 0.717) is 5.82 Å². The number of para-hydroxylation sites is 4. The van der Waals surface area contributed by atoms with Crippen molar-refractivity contribution in [3.05, 3.63) is 206 Å². The highest BCUT2D eigenvalue weighted by molar-refractivity contribution is 7.26. The number of thiophene rings is 1. The lowest BCUT2D eigenvalue weighted by Crippen LogP contribution is -1.97. The molecule has 4 heterocycles. The first kappa shape index (κ1) is 35.6. The summed E-state index contributed by atoms with van der Waals surface area (Å²) in [4.78, 5) is 10.6. The Labute approximate surface area is 366 Å². The van der Waals surface area contributed by atoms with Gasteiger partial charge < -0.3 is 8.83 Å². The van der Waals surface area contributed by atoms with Crippen LogP contribution < -0.4 is 0 Å². The molecule has 0 unspecified atom stereocenters. The largest absolute Gasteiger partial charge is 0.455 e. The molecule has 13 aromatic rings. The molecule has 0 spiro atoms. The second kappa shape index (κ2) is 14.2. The average molecular weight is 823 g/mol. The molecule has 294 valence electrons. The summed E-state index contributed by atoms with van der Waals surface area (Å²) in [7, 11) is 0. The molecular formula is C58H34N2O2S. The Morgan fingerprint density at radius 2 is 0.794 bits per heavy atom. The van der Waals surface area contributed by atoms with Gasteiger partial charge in [0, 0.05) is 69.5 Å². The Kier molecular flexibility index (Phi) is 8.05. The molecule has 0 aliphatic rings. The number of rotatable bonds is 6. The van der Waals surface area contributed by atoms with E-state index in [9.17, 15) is 0 Å². The predicted molar refractivity (Wildman–Crippen MR) is 262 cm³/mol. The molecule has 0 saturated heterocycles. The van der Waals surface area contributed by atoms with Gasteiger partial charge in [-0.25, -0.2) is 9.97 Å². The van der Waals surface area contributed by atoms with E-state index in [2.05, 4.69) is 164 Å². The van der Waals surface area contributed by atoms with E-state index in [-0.39, 0.29) is 0 Å². The molecule has 0 fully saturated rings. The summed E-state index contributed by atoms with van der Waals surface area (Å²) >= 11 is 1.85. The van der Waals surface area contributed by atoms with Crippen LogP contribution in [0.5, 0.6) is 0 Å². The van der Waals surface area contributed by atoms with E-state index in [1.807, 2.05) is 53.8 Å². The van der Waals surface area contributed by atoms with Gasteiger partial charge in [0.25, 0.3) is 0 Å². The van der Waals surface area contributed by atoms with E-state index in [1.165, 1.54) is 25.7 Å². The van der Waals surface area contributed by atoms with Gasteiger partial charge in [0.15, 0.2) is 5.82 Å². The third-order valence-corrected chi connectivity index (χ3v) is 13.5. The van der Waals surface area contributed by atoms with Gasteiger partial charge in [0.1, 0.15) is 22.3 Å². The first-order chi connectivity index (χ1) is 31.2. The van der Waals surface area contributed by atoms with Crippen LogP contribution in [0.2, 0.25) is 0 Å². The third-order valence-electron chi connectivity index (χ3n) is 12.3. The summed E-state index contributed by atoms with van der Waals surface area (Å²) in [6.45, 7) is 0. The number of fused-ring (bicyclic) bond motifs is 9. The second-order valence-corrected chi connectivity index (χ2v) is 17.1. The van der Waals surface area contributed by atoms with Crippen molar-refractivity contribution in [3.8, 4) is 67.3 Å². The van der Waals surface area contributed by atoms with Gasteiger partial charge in [-0.05, 0) is 70.8 Å². The lowest BCUT2D eigenvalue weighted by atomic mass is 9.93. The zero-order valence-corrected chi connectivity index (χ0v) is 34.6. The molecule has 9 aromatic carbocycles. The maximum Gasteiger partial charge on any atom is 0.160 e. The Morgan fingerprint density at radius 1 is 0.317 bits per heavy atom. The minimum atomic E-state index is 0.658. The normalized spacial score (nSPS) is 11.8. The van der Waals surface area contributed by atoms with Crippen molar-refractivity contribution in [2.24, 2.45) is 0 Å². The first-order valence-electron chi connectivity index (χ1n) is 21.1. The van der Waals surface area contributed by atoms with Crippen LogP contribution in [0.25, 0.3) is 131 Å². The molecule has 0 aliphatic carbocycles. The fourth-order valence-electron chi connectivity index (χ4n) is 9.32. The number of furan rings is 2. The van der Waals surface area contributed by atoms with Gasteiger partial charge in [0.2, 0.25) is 0 Å². The fraction of sp³-hybridized carbons (Fsp3) is 0. The van der Waals surface area contributed by atoms with Crippen LogP contribution in [-0.4, -0.2) is 9.97 Å². The average Bonchev–Trinajstić information content (AvgIpc) is 4.06. The predicted octanol–water partition coefficient (Wildman–Crippen LogP) is 16.6. The quantitative estimate of drug-likeness (QED) is 0.168. The molecule has 0 amide bonds. The standard InChI is InChI=1S/C58H34N2O2S/c1-2-14-35(15-3-1)58-59-50(37-17-10-16-36(30-37)43-23-13-26-49-46-20-6-9-29-54(46)63-57(43)49)34-51(60-58)40-32-38(41-21-11-24-47-44-18-4-7-27-52(44)61-55(41)47)31-39(33-40)42-22-12-25-48-45-19-5-8-28-53(45)62-56(42)48/h1-34H. The van der Waals surface area contributed by atoms with Gasteiger partial charge in [-0.1, -0.05) is 158 Å². The van der Waals surface area contributed by atoms with Crippen LogP contribution in [0.15, 0.2) is 215 Å². The molecule has 4 aromatic heterocycles. The van der Waals surface area contributed by atoms with Crippen molar-refractivity contribution in [2.75, 3.05) is 0 Å². The van der Waals surface area contributed by atoms with E-state index in [4.69, 9.17) is 18.8 Å². The van der Waals surface area contributed by atoms with Crippen LogP contribution in [0.3, 0.4) is 0 Å². The zero-order valence-electron chi connectivity index (χ0n) is 33.7. The van der Waals surface area contributed by atoms with Gasteiger partial charge in [-0.3, -0.25) is 0 Å². The maximum atomic E-state index is 6.64. The summed E-state index contributed by atoms with van der Waals surface area (Å²) in [6.07, 6.45) is 0. The van der Waals surface area contributed by atoms with Gasteiger partial charge >= 0.3 is 0 Å². The van der Waals surface area contributed by atoms with E-state index in [0.717, 1.165) is 99.8 Å². The third kappa shape index (κ3) is 5.89. The molecule has 0 N–H and O–H groups in total. The number of benzene rings is 9. The molecule has 0 bridgehead atoms. The maximum absolute atomic E-state index is 6.64. The molecule has 0 aliphatic heterocycles. The van der Waals surface area contributed by atoms with Crippen molar-refractivity contribution in [2.45, 2.75) is 0 Å². The number of hydrogen-bond donors (Lipinski definition) is 0. The van der Waals surface area contributed by atoms with Crippen molar-refractivity contribution in [1.29, 1.82) is 0 Å². The van der Waals surface area contributed by atoms with Crippen LogP contribution in [0.1, 0.15) is 0 Å². The number of nitrogens with zero attached hydrogens (tertiary/aromatic N) is 2. The monoisotopic (exact) mass is 822 g/mol. The summed E-state index contributed by atoms with van der Waals surface area (Å²) in [6, 6.07) is 72.5. The molecule has 63 heavy (non-hydrogen) atoms. The van der Waals surface area contributed by atoms with E-state index >= 15 is 0 Å². The van der Waals surface area contributed by atoms with Crippen molar-refractivity contribution in [3.63, 3.8) is 0 Å². The fourth-order valence-corrected chi connectivity index (χ4v) is 10.6. The van der Waals surface area contributed by atoms with Gasteiger partial charge in [-0.2, -0.15) is 0 Å². The first-order valence-corrected chi connectivity index (χ1v) is 21.9. The Bertz CT molecular complexity index is 3800. The topological polar surface area (TPSA) is 52.1 Å². The summed E-state index contributed by atoms with van der Waals surface area (Å²) < 4.78 is 15.9. The summed E-state index contributed by atoms with van der Waals surface area (Å²) in [5.74, 6) is 0.658. The minimum absolute atomic E-state index is 0.658. The van der Waals surface area contributed by atoms with Crippen LogP contribution in [0, 0.1) is 0 Å². The molecule has 13 rings (SSSR count). The van der Waals surface area contributed by atoms with Crippen molar-refractivity contribution in [1.82, 2.24) is 9.97 Å². The lowest BCUT2D eigenvalue weighted by Gasteiger charge is -2.14. The summed E-state index contributed by atoms with van der Waals surface area (Å²) in [5, 5.41) is 6.92. The van der Waals surface area contributed by atoms with E-state index < -0.39 is 0 Å². The highest BCUT2D eigenvalue weighted by Gasteiger charge is 2.20. The highest BCUT2D eigenvalue weighted by atomic mass is 32.1. The van der Waals surface area contributed by atoms with E-state index in [1.54, 1.807) is 0 Å². The molecule has 0 saturated carbocycles. The van der Waals surface area contributed by atoms with Gasteiger partial charge in [0.05, 0.1) is 11.4 Å². The van der Waals surface area contributed by atoms with Crippen LogP contribution in [-0.2, 0) is 0 Å². The lowest BCUT2D eigenvalue weighted by molar-refractivity contribution is 0.670. The van der Waals surface area contributed by atoms with Crippen LogP contribution >= 0.6 is 11.3 Å². The number of hydrogen-bond acceptors (Lipinski definition) is 5. The molecule has 4 nitrogen and oxygen atoms in total. The zero-order chi connectivity index (χ0) is 41.4.